The molecule has 1 N–H and O–H groups in total. The van der Waals surface area contributed by atoms with E-state index in [2.05, 4.69) is 5.32 Å². The molecule has 0 spiro atoms. The minimum atomic E-state index is -4.03. The molecule has 9 heteroatoms. The summed E-state index contributed by atoms with van der Waals surface area (Å²) in [7, 11) is -2.81. The van der Waals surface area contributed by atoms with E-state index in [0.717, 1.165) is 9.87 Å². The molecule has 7 nitrogen and oxygen atoms in total. The van der Waals surface area contributed by atoms with Gasteiger partial charge in [0.05, 0.1) is 28.3 Å². The smallest absolute Gasteiger partial charge is 0.339 e. The number of carbonyl (C=O) groups excluding carboxylic acids is 2. The predicted octanol–water partition coefficient (Wildman–Crippen LogP) is 4.52. The third kappa shape index (κ3) is 5.53. The van der Waals surface area contributed by atoms with Gasteiger partial charge in [-0.25, -0.2) is 13.2 Å². The first kappa shape index (κ1) is 24.3. The molecule has 0 aromatic heterocycles. The Balaban J connectivity index is 1.96. The van der Waals surface area contributed by atoms with Crippen molar-refractivity contribution >= 4 is 44.9 Å². The SMILES string of the molecule is CCc1ccccc1N(CC(=O)Nc1ccc(Cl)c(C(=O)OC)c1)S(=O)(=O)c1ccccc1. The van der Waals surface area contributed by atoms with Crippen molar-refractivity contribution < 1.29 is 22.7 Å². The van der Waals surface area contributed by atoms with E-state index in [0.29, 0.717) is 12.1 Å². The molecule has 0 atom stereocenters. The second-order valence-corrected chi connectivity index (χ2v) is 9.31. The second-order valence-electron chi connectivity index (χ2n) is 7.04. The van der Waals surface area contributed by atoms with Gasteiger partial charge in [-0.05, 0) is 48.4 Å². The fourth-order valence-electron chi connectivity index (χ4n) is 3.27. The van der Waals surface area contributed by atoms with E-state index >= 15 is 0 Å². The number of para-hydroxylation sites is 1. The third-order valence-corrected chi connectivity index (χ3v) is 7.02. The number of hydrogen-bond donors (Lipinski definition) is 1. The number of halogens is 1. The summed E-state index contributed by atoms with van der Waals surface area (Å²) in [5.74, 6) is -1.24. The predicted molar refractivity (Wildman–Crippen MR) is 128 cm³/mol. The number of anilines is 2. The third-order valence-electron chi connectivity index (χ3n) is 4.92. The van der Waals surface area contributed by atoms with Crippen molar-refractivity contribution in [1.29, 1.82) is 0 Å². The number of amides is 1. The Morgan fingerprint density at radius 2 is 1.67 bits per heavy atom. The van der Waals surface area contributed by atoms with E-state index in [1.165, 1.54) is 37.4 Å². The van der Waals surface area contributed by atoms with Crippen LogP contribution in [0.15, 0.2) is 77.7 Å². The Morgan fingerprint density at radius 3 is 2.33 bits per heavy atom. The van der Waals surface area contributed by atoms with Crippen molar-refractivity contribution in [3.8, 4) is 0 Å². The largest absolute Gasteiger partial charge is 0.465 e. The van der Waals surface area contributed by atoms with Crippen molar-refractivity contribution in [1.82, 2.24) is 0 Å². The van der Waals surface area contributed by atoms with Crippen LogP contribution in [-0.4, -0.2) is 33.9 Å². The molecule has 0 bridgehead atoms. The maximum Gasteiger partial charge on any atom is 0.339 e. The topological polar surface area (TPSA) is 92.8 Å². The highest BCUT2D eigenvalue weighted by Gasteiger charge is 2.28. The van der Waals surface area contributed by atoms with Gasteiger partial charge in [-0.1, -0.05) is 54.9 Å². The Hall–Kier alpha value is -3.36. The van der Waals surface area contributed by atoms with Gasteiger partial charge in [-0.15, -0.1) is 0 Å². The monoisotopic (exact) mass is 486 g/mol. The molecule has 172 valence electrons. The number of carbonyl (C=O) groups is 2. The summed E-state index contributed by atoms with van der Waals surface area (Å²) in [5.41, 5.74) is 1.57. The van der Waals surface area contributed by atoms with Gasteiger partial charge < -0.3 is 10.1 Å². The summed E-state index contributed by atoms with van der Waals surface area (Å²) >= 11 is 6.03. The molecule has 0 fully saturated rings. The van der Waals surface area contributed by atoms with Gasteiger partial charge in [-0.3, -0.25) is 9.10 Å². The van der Waals surface area contributed by atoms with Crippen LogP contribution in [0.3, 0.4) is 0 Å². The minimum Gasteiger partial charge on any atom is -0.465 e. The Morgan fingerprint density at radius 1 is 1.00 bits per heavy atom. The van der Waals surface area contributed by atoms with Crippen molar-refractivity contribution in [3.05, 3.63) is 88.9 Å². The Labute approximate surface area is 198 Å². The van der Waals surface area contributed by atoms with E-state index in [9.17, 15) is 18.0 Å². The fourth-order valence-corrected chi connectivity index (χ4v) is 4.95. The van der Waals surface area contributed by atoms with Crippen LogP contribution >= 0.6 is 11.6 Å². The van der Waals surface area contributed by atoms with Crippen molar-refractivity contribution in [3.63, 3.8) is 0 Å². The maximum absolute atomic E-state index is 13.5. The number of rotatable bonds is 8. The van der Waals surface area contributed by atoms with E-state index in [-0.39, 0.29) is 21.2 Å². The molecule has 0 saturated carbocycles. The lowest BCUT2D eigenvalue weighted by molar-refractivity contribution is -0.114. The zero-order valence-electron chi connectivity index (χ0n) is 18.1. The molecule has 0 heterocycles. The molecule has 3 rings (SSSR count). The van der Waals surface area contributed by atoms with E-state index in [1.54, 1.807) is 30.3 Å². The highest BCUT2D eigenvalue weighted by atomic mass is 35.5. The van der Waals surface area contributed by atoms with Crippen LogP contribution in [-0.2, 0) is 26.0 Å². The van der Waals surface area contributed by atoms with Crippen molar-refractivity contribution in [2.45, 2.75) is 18.2 Å². The maximum atomic E-state index is 13.5. The number of benzene rings is 3. The van der Waals surface area contributed by atoms with Gasteiger partial charge in [0.15, 0.2) is 0 Å². The van der Waals surface area contributed by atoms with Crippen LogP contribution in [0.2, 0.25) is 5.02 Å². The average Bonchev–Trinajstić information content (AvgIpc) is 2.83. The molecule has 3 aromatic rings. The first-order valence-electron chi connectivity index (χ1n) is 10.1. The van der Waals surface area contributed by atoms with E-state index < -0.39 is 28.4 Å². The first-order chi connectivity index (χ1) is 15.8. The molecule has 0 aliphatic rings. The van der Waals surface area contributed by atoms with Gasteiger partial charge in [0.1, 0.15) is 6.54 Å². The highest BCUT2D eigenvalue weighted by Crippen LogP contribution is 2.28. The minimum absolute atomic E-state index is 0.0724. The van der Waals surface area contributed by atoms with Crippen LogP contribution in [0, 0.1) is 0 Å². The quantitative estimate of drug-likeness (QED) is 0.472. The summed E-state index contributed by atoms with van der Waals surface area (Å²) < 4.78 is 32.8. The lowest BCUT2D eigenvalue weighted by Gasteiger charge is -2.26. The molecule has 33 heavy (non-hydrogen) atoms. The zero-order chi connectivity index (χ0) is 24.0. The van der Waals surface area contributed by atoms with Gasteiger partial charge in [0.2, 0.25) is 5.91 Å². The van der Waals surface area contributed by atoms with Crippen LogP contribution in [0.4, 0.5) is 11.4 Å². The second kappa shape index (κ2) is 10.5. The first-order valence-corrected chi connectivity index (χ1v) is 11.9. The van der Waals surface area contributed by atoms with Gasteiger partial charge in [0.25, 0.3) is 10.0 Å². The Bertz CT molecular complexity index is 1260. The Kier molecular flexibility index (Phi) is 7.73. The zero-order valence-corrected chi connectivity index (χ0v) is 19.7. The number of aryl methyl sites for hydroxylation is 1. The molecule has 0 aliphatic carbocycles. The van der Waals surface area contributed by atoms with Crippen LogP contribution in [0.1, 0.15) is 22.8 Å². The number of sulfonamides is 1. The normalized spacial score (nSPS) is 11.0. The van der Waals surface area contributed by atoms with Crippen molar-refractivity contribution in [2.75, 3.05) is 23.3 Å². The van der Waals surface area contributed by atoms with Gasteiger partial charge in [-0.2, -0.15) is 0 Å². The number of ether oxygens (including phenoxy) is 1. The lowest BCUT2D eigenvalue weighted by atomic mass is 10.1. The summed E-state index contributed by atoms with van der Waals surface area (Å²) in [4.78, 5) is 24.9. The lowest BCUT2D eigenvalue weighted by Crippen LogP contribution is -2.38. The number of nitrogens with zero attached hydrogens (tertiary/aromatic N) is 1. The van der Waals surface area contributed by atoms with E-state index in [4.69, 9.17) is 16.3 Å². The highest BCUT2D eigenvalue weighted by molar-refractivity contribution is 7.92. The summed E-state index contributed by atoms with van der Waals surface area (Å²) in [6.07, 6.45) is 0.582. The summed E-state index contributed by atoms with van der Waals surface area (Å²) in [5, 5.41) is 2.81. The fraction of sp³-hybridized carbons (Fsp3) is 0.167. The number of methoxy groups -OCH3 is 1. The molecule has 0 unspecified atom stereocenters. The average molecular weight is 487 g/mol. The molecule has 0 radical (unpaired) electrons. The molecular weight excluding hydrogens is 464 g/mol. The molecule has 1 amide bonds. The molecule has 3 aromatic carbocycles. The molecular formula is C24H23ClN2O5S. The standard InChI is InChI=1S/C24H23ClN2O5S/c1-3-17-9-7-8-12-22(17)27(33(30,31)19-10-5-4-6-11-19)16-23(28)26-18-13-14-21(25)20(15-18)24(29)32-2/h4-15H,3,16H2,1-2H3,(H,26,28). The van der Waals surface area contributed by atoms with Crippen LogP contribution in [0.25, 0.3) is 0 Å². The van der Waals surface area contributed by atoms with Gasteiger partial charge in [0, 0.05) is 5.69 Å². The number of esters is 1. The van der Waals surface area contributed by atoms with Crippen molar-refractivity contribution in [2.24, 2.45) is 0 Å². The summed E-state index contributed by atoms with van der Waals surface area (Å²) in [6.45, 7) is 1.44. The van der Waals surface area contributed by atoms with E-state index in [1.807, 2.05) is 19.1 Å². The van der Waals surface area contributed by atoms with Gasteiger partial charge >= 0.3 is 5.97 Å². The molecule has 0 saturated heterocycles. The van der Waals surface area contributed by atoms with Crippen LogP contribution in [0.5, 0.6) is 0 Å². The van der Waals surface area contributed by atoms with Crippen LogP contribution < -0.4 is 9.62 Å². The number of nitrogens with one attached hydrogen (secondary N) is 1. The molecule has 0 aliphatic heterocycles. The summed E-state index contributed by atoms with van der Waals surface area (Å²) in [6, 6.07) is 19.3. The number of hydrogen-bond acceptors (Lipinski definition) is 5.